The van der Waals surface area contributed by atoms with E-state index in [4.69, 9.17) is 25.6 Å². The van der Waals surface area contributed by atoms with E-state index in [9.17, 15) is 0 Å². The Morgan fingerprint density at radius 1 is 1.43 bits per heavy atom. The van der Waals surface area contributed by atoms with Crippen LogP contribution < -0.4 is 10.1 Å². The highest BCUT2D eigenvalue weighted by Gasteiger charge is 2.21. The predicted molar refractivity (Wildman–Crippen MR) is 89.6 cm³/mol. The van der Waals surface area contributed by atoms with Gasteiger partial charge in [-0.3, -0.25) is 0 Å². The average molecular weight is 360 g/mol. The van der Waals surface area contributed by atoms with Crippen LogP contribution in [0.1, 0.15) is 18.7 Å². The molecule has 2 aromatic rings. The number of ether oxygens (including phenoxy) is 2. The molecule has 0 radical (unpaired) electrons. The van der Waals surface area contributed by atoms with Gasteiger partial charge >= 0.3 is 0 Å². The second-order valence-corrected chi connectivity index (χ2v) is 5.42. The molecule has 1 saturated heterocycles. The number of hydrogen-bond acceptors (Lipinski definition) is 6. The number of halogens is 2. The third-order valence-electron chi connectivity index (χ3n) is 3.41. The molecule has 1 atom stereocenters. The van der Waals surface area contributed by atoms with Crippen LogP contribution in [0.4, 0.5) is 0 Å². The Bertz CT molecular complexity index is 628. The zero-order chi connectivity index (χ0) is 15.4. The Labute approximate surface area is 145 Å². The van der Waals surface area contributed by atoms with E-state index < -0.39 is 0 Å². The van der Waals surface area contributed by atoms with E-state index in [-0.39, 0.29) is 18.3 Å². The lowest BCUT2D eigenvalue weighted by molar-refractivity contribution is 0.133. The first kappa shape index (κ1) is 18.0. The van der Waals surface area contributed by atoms with Crippen molar-refractivity contribution < 1.29 is 14.0 Å². The standard InChI is InChI=1S/C15H18ClN3O3.ClH/c1-2-21-13-4-3-10(7-12(13)16)14-18-15(22-19-14)11-8-17-5-6-20-9-11;/h3-4,7,11,17H,2,5-6,8-9H2,1H3;1H. The van der Waals surface area contributed by atoms with Crippen molar-refractivity contribution in [3.05, 3.63) is 29.1 Å². The van der Waals surface area contributed by atoms with Crippen LogP contribution in [0.3, 0.4) is 0 Å². The summed E-state index contributed by atoms with van der Waals surface area (Å²) >= 11 is 6.19. The monoisotopic (exact) mass is 359 g/mol. The van der Waals surface area contributed by atoms with E-state index in [1.54, 1.807) is 6.07 Å². The van der Waals surface area contributed by atoms with Gasteiger partial charge < -0.3 is 19.3 Å². The molecule has 3 rings (SSSR count). The number of nitrogens with one attached hydrogen (secondary N) is 1. The molecule has 1 aliphatic rings. The molecule has 1 unspecified atom stereocenters. The topological polar surface area (TPSA) is 69.4 Å². The van der Waals surface area contributed by atoms with Crippen LogP contribution >= 0.6 is 24.0 Å². The fourth-order valence-corrected chi connectivity index (χ4v) is 2.53. The maximum absolute atomic E-state index is 6.19. The van der Waals surface area contributed by atoms with Crippen LogP contribution in [-0.4, -0.2) is 43.1 Å². The van der Waals surface area contributed by atoms with E-state index in [1.807, 2.05) is 19.1 Å². The summed E-state index contributed by atoms with van der Waals surface area (Å²) in [5.41, 5.74) is 0.797. The summed E-state index contributed by atoms with van der Waals surface area (Å²) < 4.78 is 16.3. The van der Waals surface area contributed by atoms with Crippen molar-refractivity contribution in [1.82, 2.24) is 15.5 Å². The van der Waals surface area contributed by atoms with Gasteiger partial charge in [0.2, 0.25) is 11.7 Å². The maximum Gasteiger partial charge on any atom is 0.233 e. The number of nitrogens with zero attached hydrogens (tertiary/aromatic N) is 2. The molecule has 1 aromatic carbocycles. The van der Waals surface area contributed by atoms with E-state index in [2.05, 4.69) is 15.5 Å². The van der Waals surface area contributed by atoms with E-state index in [0.29, 0.717) is 42.3 Å². The van der Waals surface area contributed by atoms with Crippen molar-refractivity contribution in [2.45, 2.75) is 12.8 Å². The zero-order valence-electron chi connectivity index (χ0n) is 12.8. The largest absolute Gasteiger partial charge is 0.492 e. The normalized spacial score (nSPS) is 18.1. The fourth-order valence-electron chi connectivity index (χ4n) is 2.29. The van der Waals surface area contributed by atoms with Gasteiger partial charge in [0, 0.05) is 18.7 Å². The summed E-state index contributed by atoms with van der Waals surface area (Å²) in [7, 11) is 0. The molecule has 126 valence electrons. The number of aromatic nitrogens is 2. The zero-order valence-corrected chi connectivity index (χ0v) is 14.3. The smallest absolute Gasteiger partial charge is 0.233 e. The van der Waals surface area contributed by atoms with Gasteiger partial charge in [0.15, 0.2) is 0 Å². The Balaban J connectivity index is 0.00000192. The Morgan fingerprint density at radius 2 is 2.30 bits per heavy atom. The lowest BCUT2D eigenvalue weighted by atomic mass is 10.1. The summed E-state index contributed by atoms with van der Waals surface area (Å²) in [6.45, 7) is 5.38. The summed E-state index contributed by atoms with van der Waals surface area (Å²) in [6, 6.07) is 5.46. The molecule has 6 nitrogen and oxygen atoms in total. The minimum Gasteiger partial charge on any atom is -0.492 e. The van der Waals surface area contributed by atoms with Gasteiger partial charge in [0.25, 0.3) is 0 Å². The first-order valence-corrected chi connectivity index (χ1v) is 7.70. The molecular weight excluding hydrogens is 341 g/mol. The number of hydrogen-bond donors (Lipinski definition) is 1. The van der Waals surface area contributed by atoms with Crippen molar-refractivity contribution >= 4 is 24.0 Å². The second-order valence-electron chi connectivity index (χ2n) is 5.01. The summed E-state index contributed by atoms with van der Waals surface area (Å²) in [6.07, 6.45) is 0. The van der Waals surface area contributed by atoms with Crippen LogP contribution in [-0.2, 0) is 4.74 Å². The molecule has 1 N–H and O–H groups in total. The molecule has 0 aliphatic carbocycles. The predicted octanol–water partition coefficient (Wildman–Crippen LogP) is 2.91. The van der Waals surface area contributed by atoms with Gasteiger partial charge in [-0.05, 0) is 25.1 Å². The van der Waals surface area contributed by atoms with Gasteiger partial charge in [-0.25, -0.2) is 0 Å². The minimum absolute atomic E-state index is 0. The van der Waals surface area contributed by atoms with Crippen LogP contribution in [0.5, 0.6) is 5.75 Å². The van der Waals surface area contributed by atoms with E-state index >= 15 is 0 Å². The van der Waals surface area contributed by atoms with Gasteiger partial charge in [0.05, 0.1) is 30.8 Å². The number of benzene rings is 1. The minimum atomic E-state index is 0. The molecule has 1 aromatic heterocycles. The molecule has 8 heteroatoms. The van der Waals surface area contributed by atoms with Crippen molar-refractivity contribution in [1.29, 1.82) is 0 Å². The van der Waals surface area contributed by atoms with Crippen molar-refractivity contribution in [3.8, 4) is 17.1 Å². The lowest BCUT2D eigenvalue weighted by Gasteiger charge is -2.07. The molecule has 1 fully saturated rings. The molecule has 1 aliphatic heterocycles. The highest BCUT2D eigenvalue weighted by molar-refractivity contribution is 6.32. The van der Waals surface area contributed by atoms with Crippen LogP contribution in [0.25, 0.3) is 11.4 Å². The van der Waals surface area contributed by atoms with Crippen molar-refractivity contribution in [2.24, 2.45) is 0 Å². The first-order chi connectivity index (χ1) is 10.8. The maximum atomic E-state index is 6.19. The van der Waals surface area contributed by atoms with Crippen LogP contribution in [0.15, 0.2) is 22.7 Å². The number of rotatable bonds is 4. The Kier molecular flexibility index (Phi) is 6.65. The SMILES string of the molecule is CCOc1ccc(-c2noc(C3CNCCOC3)n2)cc1Cl.Cl. The second kappa shape index (κ2) is 8.49. The molecule has 0 amide bonds. The highest BCUT2D eigenvalue weighted by Crippen LogP contribution is 2.30. The first-order valence-electron chi connectivity index (χ1n) is 7.32. The average Bonchev–Trinajstić information content (AvgIpc) is 2.85. The van der Waals surface area contributed by atoms with Gasteiger partial charge in [-0.15, -0.1) is 12.4 Å². The fraction of sp³-hybridized carbons (Fsp3) is 0.467. The molecule has 2 heterocycles. The van der Waals surface area contributed by atoms with E-state index in [1.165, 1.54) is 0 Å². The van der Waals surface area contributed by atoms with E-state index in [0.717, 1.165) is 18.7 Å². The molecular formula is C15H19Cl2N3O3. The summed E-state index contributed by atoms with van der Waals surface area (Å²) in [5.74, 6) is 1.82. The highest BCUT2D eigenvalue weighted by atomic mass is 35.5. The molecule has 0 saturated carbocycles. The quantitative estimate of drug-likeness (QED) is 0.904. The molecule has 23 heavy (non-hydrogen) atoms. The van der Waals surface area contributed by atoms with Gasteiger partial charge in [0.1, 0.15) is 5.75 Å². The van der Waals surface area contributed by atoms with Crippen LogP contribution in [0, 0.1) is 0 Å². The summed E-state index contributed by atoms with van der Waals surface area (Å²) in [5, 5.41) is 7.86. The Morgan fingerprint density at radius 3 is 3.09 bits per heavy atom. The molecule has 0 spiro atoms. The van der Waals surface area contributed by atoms with Crippen molar-refractivity contribution in [2.75, 3.05) is 32.9 Å². The summed E-state index contributed by atoms with van der Waals surface area (Å²) in [4.78, 5) is 4.47. The lowest BCUT2D eigenvalue weighted by Crippen LogP contribution is -2.21. The molecule has 0 bridgehead atoms. The van der Waals surface area contributed by atoms with Crippen LogP contribution in [0.2, 0.25) is 5.02 Å². The van der Waals surface area contributed by atoms with Gasteiger partial charge in [-0.2, -0.15) is 4.98 Å². The third-order valence-corrected chi connectivity index (χ3v) is 3.71. The third kappa shape index (κ3) is 4.35. The Hall–Kier alpha value is -1.34. The van der Waals surface area contributed by atoms with Crippen molar-refractivity contribution in [3.63, 3.8) is 0 Å². The van der Waals surface area contributed by atoms with Gasteiger partial charge in [-0.1, -0.05) is 16.8 Å².